The van der Waals surface area contributed by atoms with E-state index in [1.165, 1.54) is 25.7 Å². The molecule has 2 heterocycles. The molecule has 1 aromatic carbocycles. The Morgan fingerprint density at radius 1 is 1.09 bits per heavy atom. The van der Waals surface area contributed by atoms with Gasteiger partial charge in [-0.3, -0.25) is 0 Å². The van der Waals surface area contributed by atoms with E-state index in [4.69, 9.17) is 14.6 Å². The molecule has 3 aromatic rings. The van der Waals surface area contributed by atoms with Crippen molar-refractivity contribution < 1.29 is 9.57 Å². The number of fused-ring (bicyclic) bond motifs is 1. The Kier molecular flexibility index (Phi) is 6.39. The molecule has 0 bridgehead atoms. The fourth-order valence-corrected chi connectivity index (χ4v) is 3.55. The Hall–Kier alpha value is -3.03. The van der Waals surface area contributed by atoms with Crippen LogP contribution >= 0.6 is 0 Å². The van der Waals surface area contributed by atoms with E-state index in [1.54, 1.807) is 13.4 Å². The topological polar surface area (TPSA) is 86.1 Å². The molecule has 2 aromatic heterocycles. The molecule has 1 saturated carbocycles. The van der Waals surface area contributed by atoms with Crippen LogP contribution in [0.1, 0.15) is 65.6 Å². The Labute approximate surface area is 189 Å². The van der Waals surface area contributed by atoms with Crippen LogP contribution in [-0.2, 0) is 6.42 Å². The molecule has 1 aliphatic rings. The van der Waals surface area contributed by atoms with Crippen LogP contribution in [0.25, 0.3) is 11.0 Å². The van der Waals surface area contributed by atoms with Crippen molar-refractivity contribution in [2.45, 2.75) is 77.9 Å². The smallest absolute Gasteiger partial charge is 0.146 e. The van der Waals surface area contributed by atoms with E-state index < -0.39 is 0 Å². The average Bonchev–Trinajstić information content (AvgIpc) is 3.49. The lowest BCUT2D eigenvalue weighted by Gasteiger charge is -2.23. The summed E-state index contributed by atoms with van der Waals surface area (Å²) in [5.74, 6) is 3.16. The number of hydrogen-bond acceptors (Lipinski definition) is 7. The largest absolute Gasteiger partial charge is 0.494 e. The summed E-state index contributed by atoms with van der Waals surface area (Å²) < 4.78 is 7.58. The molecule has 0 saturated heterocycles. The molecule has 2 N–H and O–H groups in total. The molecule has 0 unspecified atom stereocenters. The van der Waals surface area contributed by atoms with E-state index in [-0.39, 0.29) is 5.60 Å². The molecule has 0 atom stereocenters. The lowest BCUT2D eigenvalue weighted by molar-refractivity contribution is -0.0132. The number of hydrogen-bond donors (Lipinski definition) is 2. The Balaban J connectivity index is 1.67. The van der Waals surface area contributed by atoms with E-state index in [9.17, 15) is 0 Å². The van der Waals surface area contributed by atoms with Gasteiger partial charge in [0.2, 0.25) is 0 Å². The zero-order valence-corrected chi connectivity index (χ0v) is 19.7. The van der Waals surface area contributed by atoms with Crippen molar-refractivity contribution in [3.8, 4) is 5.75 Å². The van der Waals surface area contributed by atoms with Crippen molar-refractivity contribution in [1.29, 1.82) is 0 Å². The maximum atomic E-state index is 6.28. The third-order valence-corrected chi connectivity index (χ3v) is 5.23. The molecule has 1 aliphatic carbocycles. The minimum atomic E-state index is -0.344. The quantitative estimate of drug-likeness (QED) is 0.425. The number of anilines is 3. The number of aromatic nitrogens is 4. The van der Waals surface area contributed by atoms with Crippen LogP contribution in [0.5, 0.6) is 5.75 Å². The number of unbranched alkanes of at least 4 members (excludes halogenated alkanes) is 2. The summed E-state index contributed by atoms with van der Waals surface area (Å²) in [6.07, 6.45) is 8.22. The number of nitrogens with one attached hydrogen (secondary N) is 2. The van der Waals surface area contributed by atoms with Crippen LogP contribution in [0.4, 0.5) is 17.3 Å². The molecule has 0 spiro atoms. The van der Waals surface area contributed by atoms with Gasteiger partial charge in [0.25, 0.3) is 0 Å². The highest BCUT2D eigenvalue weighted by Gasteiger charge is 2.22. The highest BCUT2D eigenvalue weighted by molar-refractivity contribution is 5.85. The molecule has 0 amide bonds. The number of nitrogens with zero attached hydrogens (tertiary/aromatic N) is 4. The van der Waals surface area contributed by atoms with E-state index in [1.807, 2.05) is 43.7 Å². The van der Waals surface area contributed by atoms with Gasteiger partial charge in [-0.1, -0.05) is 19.8 Å². The van der Waals surface area contributed by atoms with Crippen molar-refractivity contribution >= 4 is 28.4 Å². The lowest BCUT2D eigenvalue weighted by atomic mass is 10.2. The maximum Gasteiger partial charge on any atom is 0.146 e. The first-order valence-corrected chi connectivity index (χ1v) is 11.5. The van der Waals surface area contributed by atoms with E-state index in [2.05, 4.69) is 27.5 Å². The second-order valence-corrected chi connectivity index (χ2v) is 9.36. The molecule has 0 radical (unpaired) electrons. The van der Waals surface area contributed by atoms with Crippen molar-refractivity contribution in [1.82, 2.24) is 19.7 Å². The van der Waals surface area contributed by atoms with Crippen LogP contribution in [0.2, 0.25) is 0 Å². The van der Waals surface area contributed by atoms with Gasteiger partial charge in [0.05, 0.1) is 18.3 Å². The average molecular weight is 439 g/mol. The summed E-state index contributed by atoms with van der Waals surface area (Å²) >= 11 is 0. The highest BCUT2D eigenvalue weighted by atomic mass is 16.7. The third kappa shape index (κ3) is 5.41. The van der Waals surface area contributed by atoms with Crippen LogP contribution in [-0.4, -0.2) is 38.4 Å². The molecule has 0 aliphatic heterocycles. The number of rotatable bonds is 10. The van der Waals surface area contributed by atoms with Gasteiger partial charge in [-0.15, -0.1) is 0 Å². The van der Waals surface area contributed by atoms with Gasteiger partial charge in [0.15, 0.2) is 0 Å². The molecule has 4 rings (SSSR count). The van der Waals surface area contributed by atoms with Gasteiger partial charge in [-0.2, -0.15) is 4.73 Å². The Morgan fingerprint density at radius 3 is 2.56 bits per heavy atom. The van der Waals surface area contributed by atoms with E-state index in [0.29, 0.717) is 17.6 Å². The molecule has 1 fully saturated rings. The predicted octanol–water partition coefficient (Wildman–Crippen LogP) is 5.11. The van der Waals surface area contributed by atoms with Crippen LogP contribution in [0.15, 0.2) is 24.5 Å². The molecular weight excluding hydrogens is 404 g/mol. The number of benzene rings is 1. The maximum absolute atomic E-state index is 6.28. The molecule has 32 heavy (non-hydrogen) atoms. The summed E-state index contributed by atoms with van der Waals surface area (Å²) in [4.78, 5) is 19.9. The fourth-order valence-electron chi connectivity index (χ4n) is 3.55. The summed E-state index contributed by atoms with van der Waals surface area (Å²) in [6.45, 7) is 8.34. The Bertz CT molecular complexity index is 1070. The normalized spacial score (nSPS) is 13.9. The van der Waals surface area contributed by atoms with E-state index in [0.717, 1.165) is 41.2 Å². The minimum Gasteiger partial charge on any atom is -0.494 e. The first-order valence-electron chi connectivity index (χ1n) is 11.5. The highest BCUT2D eigenvalue weighted by Crippen LogP contribution is 2.33. The third-order valence-electron chi connectivity index (χ3n) is 5.23. The van der Waals surface area contributed by atoms with Gasteiger partial charge in [-0.05, 0) is 46.1 Å². The van der Waals surface area contributed by atoms with Crippen molar-refractivity contribution in [2.75, 3.05) is 17.7 Å². The number of aryl methyl sites for hydroxylation is 1. The van der Waals surface area contributed by atoms with Gasteiger partial charge in [-0.25, -0.2) is 15.0 Å². The lowest BCUT2D eigenvalue weighted by Crippen LogP contribution is -2.32. The van der Waals surface area contributed by atoms with Crippen LogP contribution in [0.3, 0.4) is 0 Å². The summed E-state index contributed by atoms with van der Waals surface area (Å²) in [7, 11) is 1.67. The summed E-state index contributed by atoms with van der Waals surface area (Å²) in [6, 6.07) is 6.42. The standard InChI is InChI=1S/C24H34N6O2/c1-6-7-8-9-23-29-17-12-18(20(31-5)13-19(17)30(23)32-24(2,3)4)28-22-14-21(25-15-26-22)27-16-10-11-16/h12-16H,6-11H2,1-5H3,(H2,25,26,27,28). The summed E-state index contributed by atoms with van der Waals surface area (Å²) in [5.41, 5.74) is 2.21. The molecular formula is C24H34N6O2. The monoisotopic (exact) mass is 438 g/mol. The van der Waals surface area contributed by atoms with Gasteiger partial charge in [0, 0.05) is 24.6 Å². The second-order valence-electron chi connectivity index (χ2n) is 9.36. The fraction of sp³-hybridized carbons (Fsp3) is 0.542. The number of imidazole rings is 1. The molecule has 172 valence electrons. The zero-order chi connectivity index (χ0) is 22.7. The predicted molar refractivity (Wildman–Crippen MR) is 128 cm³/mol. The van der Waals surface area contributed by atoms with Gasteiger partial charge in [0.1, 0.15) is 40.7 Å². The first-order chi connectivity index (χ1) is 15.4. The van der Waals surface area contributed by atoms with Crippen LogP contribution in [0, 0.1) is 0 Å². The van der Waals surface area contributed by atoms with E-state index >= 15 is 0 Å². The van der Waals surface area contributed by atoms with Gasteiger partial charge >= 0.3 is 0 Å². The molecule has 8 heteroatoms. The zero-order valence-electron chi connectivity index (χ0n) is 19.7. The van der Waals surface area contributed by atoms with Crippen molar-refractivity contribution in [3.63, 3.8) is 0 Å². The van der Waals surface area contributed by atoms with Crippen molar-refractivity contribution in [3.05, 3.63) is 30.4 Å². The van der Waals surface area contributed by atoms with Crippen molar-refractivity contribution in [2.24, 2.45) is 0 Å². The Morgan fingerprint density at radius 2 is 1.88 bits per heavy atom. The summed E-state index contributed by atoms with van der Waals surface area (Å²) in [5, 5.41) is 6.78. The minimum absolute atomic E-state index is 0.344. The van der Waals surface area contributed by atoms with Crippen LogP contribution < -0.4 is 20.2 Å². The first kappa shape index (κ1) is 22.2. The second kappa shape index (κ2) is 9.22. The SMILES string of the molecule is CCCCCc1nc2cc(Nc3cc(NC4CC4)ncn3)c(OC)cc2n1OC(C)(C)C. The number of methoxy groups -OCH3 is 1. The molecule has 8 nitrogen and oxygen atoms in total. The van der Waals surface area contributed by atoms with Gasteiger partial charge < -0.3 is 20.2 Å². The number of ether oxygens (including phenoxy) is 1.